The molecule has 1 heterocycles. The molecule has 6 heteroatoms. The molecule has 2 aromatic rings. The number of anilines is 1. The van der Waals surface area contributed by atoms with Crippen LogP contribution < -0.4 is 10.1 Å². The van der Waals surface area contributed by atoms with E-state index in [2.05, 4.69) is 15.3 Å². The van der Waals surface area contributed by atoms with Crippen LogP contribution >= 0.6 is 0 Å². The van der Waals surface area contributed by atoms with E-state index in [0.29, 0.717) is 18.2 Å². The van der Waals surface area contributed by atoms with Crippen molar-refractivity contribution in [1.29, 1.82) is 0 Å². The number of ether oxygens (including phenoxy) is 1. The molecule has 0 aliphatic carbocycles. The van der Waals surface area contributed by atoms with Gasteiger partial charge in [0.1, 0.15) is 12.3 Å². The SMILES string of the molecule is CCOc1ccccc1-c1cc(C)nc(NCC(=O)O)n1. The molecule has 1 aromatic carbocycles. The molecule has 0 radical (unpaired) electrons. The highest BCUT2D eigenvalue weighted by Crippen LogP contribution is 2.29. The van der Waals surface area contributed by atoms with Gasteiger partial charge < -0.3 is 15.2 Å². The first-order chi connectivity index (χ1) is 10.1. The van der Waals surface area contributed by atoms with E-state index in [0.717, 1.165) is 17.0 Å². The zero-order chi connectivity index (χ0) is 15.2. The van der Waals surface area contributed by atoms with Gasteiger partial charge in [-0.15, -0.1) is 0 Å². The summed E-state index contributed by atoms with van der Waals surface area (Å²) in [6.07, 6.45) is 0. The number of para-hydroxylation sites is 1. The lowest BCUT2D eigenvalue weighted by molar-refractivity contribution is -0.134. The Balaban J connectivity index is 2.37. The minimum Gasteiger partial charge on any atom is -0.493 e. The van der Waals surface area contributed by atoms with E-state index in [-0.39, 0.29) is 6.54 Å². The third-order valence-corrected chi connectivity index (χ3v) is 2.71. The summed E-state index contributed by atoms with van der Waals surface area (Å²) in [7, 11) is 0. The van der Waals surface area contributed by atoms with E-state index in [1.807, 2.05) is 44.2 Å². The molecule has 0 bridgehead atoms. The number of aryl methyl sites for hydroxylation is 1. The molecule has 0 saturated carbocycles. The lowest BCUT2D eigenvalue weighted by atomic mass is 10.1. The van der Waals surface area contributed by atoms with Crippen LogP contribution in [0.1, 0.15) is 12.6 Å². The molecule has 2 N–H and O–H groups in total. The molecular weight excluding hydrogens is 270 g/mol. The molecule has 0 atom stereocenters. The van der Waals surface area contributed by atoms with E-state index in [4.69, 9.17) is 9.84 Å². The number of aromatic nitrogens is 2. The first-order valence-corrected chi connectivity index (χ1v) is 6.63. The summed E-state index contributed by atoms with van der Waals surface area (Å²) in [5, 5.41) is 11.4. The fraction of sp³-hybridized carbons (Fsp3) is 0.267. The van der Waals surface area contributed by atoms with E-state index in [9.17, 15) is 4.79 Å². The normalized spacial score (nSPS) is 10.2. The van der Waals surface area contributed by atoms with E-state index < -0.39 is 5.97 Å². The maximum Gasteiger partial charge on any atom is 0.322 e. The van der Waals surface area contributed by atoms with Gasteiger partial charge in [-0.05, 0) is 32.0 Å². The second-order valence-electron chi connectivity index (χ2n) is 4.39. The highest BCUT2D eigenvalue weighted by molar-refractivity contribution is 5.72. The zero-order valence-electron chi connectivity index (χ0n) is 12.0. The molecule has 0 aliphatic rings. The fourth-order valence-electron chi connectivity index (χ4n) is 1.90. The summed E-state index contributed by atoms with van der Waals surface area (Å²) >= 11 is 0. The second-order valence-corrected chi connectivity index (χ2v) is 4.39. The Morgan fingerprint density at radius 1 is 1.33 bits per heavy atom. The van der Waals surface area contributed by atoms with Crippen LogP contribution in [0.25, 0.3) is 11.3 Å². The molecule has 21 heavy (non-hydrogen) atoms. The third-order valence-electron chi connectivity index (χ3n) is 2.71. The molecule has 0 fully saturated rings. The number of carboxylic acids is 1. The van der Waals surface area contributed by atoms with Crippen LogP contribution in [0.5, 0.6) is 5.75 Å². The van der Waals surface area contributed by atoms with Gasteiger partial charge in [-0.3, -0.25) is 4.79 Å². The number of nitrogens with one attached hydrogen (secondary N) is 1. The van der Waals surface area contributed by atoms with E-state index in [1.165, 1.54) is 0 Å². The van der Waals surface area contributed by atoms with E-state index >= 15 is 0 Å². The summed E-state index contributed by atoms with van der Waals surface area (Å²) in [5.41, 5.74) is 2.29. The van der Waals surface area contributed by atoms with Gasteiger partial charge in [0.05, 0.1) is 12.3 Å². The van der Waals surface area contributed by atoms with Crippen molar-refractivity contribution in [2.24, 2.45) is 0 Å². The number of carboxylic acid groups (broad SMARTS) is 1. The van der Waals surface area contributed by atoms with Gasteiger partial charge in [0.2, 0.25) is 5.95 Å². The van der Waals surface area contributed by atoms with Crippen molar-refractivity contribution in [2.75, 3.05) is 18.5 Å². The van der Waals surface area contributed by atoms with Gasteiger partial charge in [0, 0.05) is 11.3 Å². The zero-order valence-corrected chi connectivity index (χ0v) is 12.0. The Labute approximate surface area is 122 Å². The molecule has 0 spiro atoms. The predicted molar refractivity (Wildman–Crippen MR) is 79.5 cm³/mol. The smallest absolute Gasteiger partial charge is 0.322 e. The molecule has 2 rings (SSSR count). The third kappa shape index (κ3) is 3.92. The van der Waals surface area contributed by atoms with Crippen LogP contribution in [0, 0.1) is 6.92 Å². The quantitative estimate of drug-likeness (QED) is 0.848. The molecule has 110 valence electrons. The summed E-state index contributed by atoms with van der Waals surface area (Å²) < 4.78 is 5.59. The van der Waals surface area contributed by atoms with Gasteiger partial charge in [-0.2, -0.15) is 0 Å². The Bertz CT molecular complexity index is 644. The van der Waals surface area contributed by atoms with Crippen molar-refractivity contribution in [3.63, 3.8) is 0 Å². The van der Waals surface area contributed by atoms with Gasteiger partial charge >= 0.3 is 5.97 Å². The number of benzene rings is 1. The number of hydrogen-bond donors (Lipinski definition) is 2. The van der Waals surface area contributed by atoms with Crippen molar-refractivity contribution in [3.05, 3.63) is 36.0 Å². The highest BCUT2D eigenvalue weighted by Gasteiger charge is 2.10. The Hall–Kier alpha value is -2.63. The van der Waals surface area contributed by atoms with Crippen LogP contribution in [-0.4, -0.2) is 34.2 Å². The van der Waals surface area contributed by atoms with Gasteiger partial charge in [0.15, 0.2) is 0 Å². The Kier molecular flexibility index (Phi) is 4.71. The van der Waals surface area contributed by atoms with Crippen LogP contribution in [0.2, 0.25) is 0 Å². The second kappa shape index (κ2) is 6.69. The average Bonchev–Trinajstić information content (AvgIpc) is 2.45. The van der Waals surface area contributed by atoms with Crippen LogP contribution in [-0.2, 0) is 4.79 Å². The lowest BCUT2D eigenvalue weighted by Gasteiger charge is -2.11. The number of nitrogens with zero attached hydrogens (tertiary/aromatic N) is 2. The molecule has 0 amide bonds. The minimum absolute atomic E-state index is 0.226. The molecule has 0 aliphatic heterocycles. The largest absolute Gasteiger partial charge is 0.493 e. The fourth-order valence-corrected chi connectivity index (χ4v) is 1.90. The molecule has 0 saturated heterocycles. The first kappa shape index (κ1) is 14.8. The van der Waals surface area contributed by atoms with Crippen molar-refractivity contribution < 1.29 is 14.6 Å². The molecule has 6 nitrogen and oxygen atoms in total. The van der Waals surface area contributed by atoms with Crippen molar-refractivity contribution in [3.8, 4) is 17.0 Å². The molecule has 0 unspecified atom stereocenters. The standard InChI is InChI=1S/C15H17N3O3/c1-3-21-13-7-5-4-6-11(13)12-8-10(2)17-15(18-12)16-9-14(19)20/h4-8H,3,9H2,1-2H3,(H,19,20)(H,16,17,18). The van der Waals surface area contributed by atoms with Gasteiger partial charge in [-0.1, -0.05) is 12.1 Å². The van der Waals surface area contributed by atoms with Crippen molar-refractivity contribution in [2.45, 2.75) is 13.8 Å². The van der Waals surface area contributed by atoms with Crippen LogP contribution in [0.4, 0.5) is 5.95 Å². The maximum atomic E-state index is 10.6. The van der Waals surface area contributed by atoms with Crippen LogP contribution in [0.15, 0.2) is 30.3 Å². The predicted octanol–water partition coefficient (Wildman–Crippen LogP) is 2.35. The number of carbonyl (C=O) groups is 1. The van der Waals surface area contributed by atoms with Crippen molar-refractivity contribution >= 4 is 11.9 Å². The van der Waals surface area contributed by atoms with Crippen LogP contribution in [0.3, 0.4) is 0 Å². The van der Waals surface area contributed by atoms with E-state index in [1.54, 1.807) is 0 Å². The summed E-state index contributed by atoms with van der Waals surface area (Å²) in [4.78, 5) is 19.1. The topological polar surface area (TPSA) is 84.3 Å². The average molecular weight is 287 g/mol. The van der Waals surface area contributed by atoms with Gasteiger partial charge in [-0.25, -0.2) is 9.97 Å². The minimum atomic E-state index is -0.962. The summed E-state index contributed by atoms with van der Waals surface area (Å²) in [6.45, 7) is 4.09. The maximum absolute atomic E-state index is 10.6. The molecule has 1 aromatic heterocycles. The van der Waals surface area contributed by atoms with Gasteiger partial charge in [0.25, 0.3) is 0 Å². The summed E-state index contributed by atoms with van der Waals surface area (Å²) in [5.74, 6) is 0.0670. The first-order valence-electron chi connectivity index (χ1n) is 6.63. The molecular formula is C15H17N3O3. The highest BCUT2D eigenvalue weighted by atomic mass is 16.5. The number of hydrogen-bond acceptors (Lipinski definition) is 5. The number of rotatable bonds is 6. The lowest BCUT2D eigenvalue weighted by Crippen LogP contribution is -2.14. The monoisotopic (exact) mass is 287 g/mol. The number of aliphatic carboxylic acids is 1. The van der Waals surface area contributed by atoms with Crippen molar-refractivity contribution in [1.82, 2.24) is 9.97 Å². The Morgan fingerprint density at radius 2 is 2.10 bits per heavy atom. The Morgan fingerprint density at radius 3 is 2.81 bits per heavy atom. The summed E-state index contributed by atoms with van der Waals surface area (Å²) in [6, 6.07) is 9.42.